The van der Waals surface area contributed by atoms with Gasteiger partial charge in [0.15, 0.2) is 29.2 Å². The molecule has 0 N–H and O–H groups in total. The fourth-order valence-corrected chi connectivity index (χ4v) is 11.6. The van der Waals surface area contributed by atoms with Crippen LogP contribution in [0.3, 0.4) is 0 Å². The van der Waals surface area contributed by atoms with Gasteiger partial charge in [0.05, 0.1) is 0 Å². The summed E-state index contributed by atoms with van der Waals surface area (Å²) in [6, 6.07) is 80.8. The molecular weight excluding hydrogens is 905 g/mol. The SMILES string of the molecule is c1ccc(-c2c3c(cc4ccccc24)C2=NC3(c3ccccc3)N=C3N=C(N=C4N=C(c5cc6ccccc6cc54)N(c4ccccc4)C4=NC(=N2)c2cc5ccccc5cc24)c2cc4ccccc4cc23)cc1. The molecule has 8 bridgehead atoms. The van der Waals surface area contributed by atoms with Crippen LogP contribution in [-0.2, 0) is 5.66 Å². The third-order valence-electron chi connectivity index (χ3n) is 15.0. The smallest absolute Gasteiger partial charge is 0.207 e. The first-order valence-electron chi connectivity index (χ1n) is 24.9. The Morgan fingerprint density at radius 1 is 0.297 bits per heavy atom. The lowest BCUT2D eigenvalue weighted by atomic mass is 9.82. The Kier molecular flexibility index (Phi) is 8.50. The van der Waals surface area contributed by atoms with Crippen LogP contribution in [-0.4, -0.2) is 40.8 Å². The predicted octanol–water partition coefficient (Wildman–Crippen LogP) is 14.1. The van der Waals surface area contributed by atoms with Gasteiger partial charge in [0.2, 0.25) is 5.66 Å². The molecule has 8 heteroatoms. The maximum Gasteiger partial charge on any atom is 0.207 e. The summed E-state index contributed by atoms with van der Waals surface area (Å²) in [7, 11) is 0. The highest BCUT2D eigenvalue weighted by molar-refractivity contribution is 6.42. The van der Waals surface area contributed by atoms with E-state index in [0.717, 1.165) is 110 Å². The average molecular weight is 943 g/mol. The molecule has 0 aromatic heterocycles. The van der Waals surface area contributed by atoms with Crippen molar-refractivity contribution in [1.29, 1.82) is 0 Å². The van der Waals surface area contributed by atoms with Crippen LogP contribution in [0.15, 0.2) is 265 Å². The highest BCUT2D eigenvalue weighted by atomic mass is 15.3. The van der Waals surface area contributed by atoms with Gasteiger partial charge in [0.1, 0.15) is 11.7 Å². The molecule has 8 nitrogen and oxygen atoms in total. The van der Waals surface area contributed by atoms with Crippen LogP contribution in [0, 0.1) is 0 Å². The minimum absolute atomic E-state index is 0.515. The fourth-order valence-electron chi connectivity index (χ4n) is 11.6. The number of hydrogen-bond donors (Lipinski definition) is 0. The van der Waals surface area contributed by atoms with E-state index in [4.69, 9.17) is 34.9 Å². The van der Waals surface area contributed by atoms with Gasteiger partial charge in [-0.2, -0.15) is 0 Å². The number of benzene rings is 11. The van der Waals surface area contributed by atoms with Gasteiger partial charge in [0.25, 0.3) is 0 Å². The second-order valence-electron chi connectivity index (χ2n) is 19.3. The Morgan fingerprint density at radius 3 is 1.19 bits per heavy atom. The first kappa shape index (κ1) is 40.7. The van der Waals surface area contributed by atoms with E-state index in [2.05, 4.69) is 223 Å². The quantitative estimate of drug-likeness (QED) is 0.173. The van der Waals surface area contributed by atoms with E-state index < -0.39 is 5.66 Å². The van der Waals surface area contributed by atoms with Gasteiger partial charge in [0, 0.05) is 55.8 Å². The summed E-state index contributed by atoms with van der Waals surface area (Å²) in [4.78, 5) is 42.2. The van der Waals surface area contributed by atoms with Crippen LogP contribution in [0.4, 0.5) is 5.69 Å². The van der Waals surface area contributed by atoms with E-state index in [1.54, 1.807) is 0 Å². The number of fused-ring (bicyclic) bond motifs is 20. The second kappa shape index (κ2) is 15.5. The van der Waals surface area contributed by atoms with Crippen LogP contribution in [0.2, 0.25) is 0 Å². The first-order chi connectivity index (χ1) is 36.6. The van der Waals surface area contributed by atoms with Gasteiger partial charge < -0.3 is 0 Å². The van der Waals surface area contributed by atoms with E-state index in [1.807, 2.05) is 12.1 Å². The van der Waals surface area contributed by atoms with E-state index in [0.29, 0.717) is 40.8 Å². The molecule has 0 saturated heterocycles. The Balaban J connectivity index is 1.10. The zero-order chi connectivity index (χ0) is 48.5. The van der Waals surface area contributed by atoms with Crippen LogP contribution < -0.4 is 4.90 Å². The second-order valence-corrected chi connectivity index (χ2v) is 19.3. The summed E-state index contributed by atoms with van der Waals surface area (Å²) < 4.78 is 0. The Hall–Kier alpha value is -10.1. The Bertz CT molecular complexity index is 4530. The summed E-state index contributed by atoms with van der Waals surface area (Å²) in [6.07, 6.45) is 0. The average Bonchev–Trinajstić information content (AvgIpc) is 4.22. The van der Waals surface area contributed by atoms with Crippen molar-refractivity contribution < 1.29 is 0 Å². The van der Waals surface area contributed by atoms with Gasteiger partial charge in [-0.1, -0.05) is 176 Å². The Morgan fingerprint density at radius 2 is 0.662 bits per heavy atom. The molecule has 0 spiro atoms. The maximum atomic E-state index is 5.98. The molecule has 5 heterocycles. The normalized spacial score (nSPS) is 17.0. The van der Waals surface area contributed by atoms with Gasteiger partial charge in [-0.25, -0.2) is 34.9 Å². The predicted molar refractivity (Wildman–Crippen MR) is 303 cm³/mol. The van der Waals surface area contributed by atoms with E-state index >= 15 is 0 Å². The van der Waals surface area contributed by atoms with Crippen LogP contribution in [0.25, 0.3) is 54.2 Å². The van der Waals surface area contributed by atoms with Crippen LogP contribution in [0.5, 0.6) is 0 Å². The summed E-state index contributed by atoms with van der Waals surface area (Å²) >= 11 is 0. The van der Waals surface area contributed by atoms with Crippen molar-refractivity contribution in [2.24, 2.45) is 34.9 Å². The van der Waals surface area contributed by atoms with Crippen molar-refractivity contribution >= 4 is 89.6 Å². The lowest BCUT2D eigenvalue weighted by Crippen LogP contribution is -2.37. The molecule has 11 aromatic carbocycles. The van der Waals surface area contributed by atoms with E-state index in [9.17, 15) is 0 Å². The monoisotopic (exact) mass is 942 g/mol. The molecule has 11 aromatic rings. The Labute approximate surface area is 424 Å². The fraction of sp³-hybridized carbons (Fsp3) is 0.0152. The van der Waals surface area contributed by atoms with Crippen LogP contribution >= 0.6 is 0 Å². The zero-order valence-electron chi connectivity index (χ0n) is 39.5. The largest absolute Gasteiger partial charge is 0.278 e. The van der Waals surface area contributed by atoms with Crippen molar-refractivity contribution in [1.82, 2.24) is 0 Å². The van der Waals surface area contributed by atoms with E-state index in [1.165, 1.54) is 0 Å². The summed E-state index contributed by atoms with van der Waals surface area (Å²) in [5.41, 5.74) is 9.58. The van der Waals surface area contributed by atoms with Crippen molar-refractivity contribution in [2.45, 2.75) is 5.66 Å². The summed E-state index contributed by atoms with van der Waals surface area (Å²) in [5, 5.41) is 8.62. The van der Waals surface area contributed by atoms with Crippen LogP contribution in [0.1, 0.15) is 50.1 Å². The minimum Gasteiger partial charge on any atom is -0.278 e. The summed E-state index contributed by atoms with van der Waals surface area (Å²) in [5.74, 6) is 4.01. The molecule has 0 fully saturated rings. The maximum absolute atomic E-state index is 5.98. The lowest BCUT2D eigenvalue weighted by Gasteiger charge is -2.28. The molecule has 1 atom stereocenters. The van der Waals surface area contributed by atoms with E-state index in [-0.39, 0.29) is 0 Å². The molecule has 0 saturated carbocycles. The van der Waals surface area contributed by atoms with Gasteiger partial charge in [-0.15, -0.1) is 0 Å². The molecule has 342 valence electrons. The van der Waals surface area contributed by atoms with Gasteiger partial charge in [-0.3, -0.25) is 4.90 Å². The number of para-hydroxylation sites is 1. The number of aliphatic imine (C=N–C) groups is 7. The molecule has 74 heavy (non-hydrogen) atoms. The number of anilines is 1. The number of rotatable bonds is 3. The zero-order valence-corrected chi connectivity index (χ0v) is 39.5. The number of nitrogens with zero attached hydrogens (tertiary/aromatic N) is 8. The molecule has 1 unspecified atom stereocenters. The summed E-state index contributed by atoms with van der Waals surface area (Å²) in [6.45, 7) is 0. The number of hydrogen-bond acceptors (Lipinski definition) is 8. The van der Waals surface area contributed by atoms with Crippen molar-refractivity contribution in [3.8, 4) is 11.1 Å². The van der Waals surface area contributed by atoms with Gasteiger partial charge in [-0.05, 0) is 109 Å². The van der Waals surface area contributed by atoms with Crippen molar-refractivity contribution in [3.05, 3.63) is 281 Å². The molecule has 0 aliphatic carbocycles. The molecule has 16 rings (SSSR count). The molecule has 5 aliphatic rings. The molecule has 5 aliphatic heterocycles. The van der Waals surface area contributed by atoms with Gasteiger partial charge >= 0.3 is 0 Å². The standard InChI is InChI=1S/C66H38N8/c1-4-18-39(19-5-1)57-49-31-17-16-26-46(49)38-56-58(57)66(47-27-6-2-7-28-47)72-62-51-33-41-21-11-10-20-40(41)32-50(51)59(68-62)67-60-52-34-42-22-12-14-24-44(42)36-54(52)64(70-60)74(48-29-8-3-9-30-48)65-55-37-45-25-15-13-23-43(45)35-53(55)61(71-65)69-63(56)73-66/h1-38H. The lowest BCUT2D eigenvalue weighted by molar-refractivity contribution is 0.590. The topological polar surface area (TPSA) is 89.8 Å². The first-order valence-corrected chi connectivity index (χ1v) is 24.9. The molecule has 0 amide bonds. The third-order valence-corrected chi connectivity index (χ3v) is 15.0. The minimum atomic E-state index is -1.38. The van der Waals surface area contributed by atoms with Crippen molar-refractivity contribution in [2.75, 3.05) is 4.90 Å². The third kappa shape index (κ3) is 5.99. The molecular formula is C66H38N8. The van der Waals surface area contributed by atoms with Crippen molar-refractivity contribution in [3.63, 3.8) is 0 Å². The number of amidine groups is 7. The highest BCUT2D eigenvalue weighted by Gasteiger charge is 2.47. The molecule has 0 radical (unpaired) electrons. The highest BCUT2D eigenvalue weighted by Crippen LogP contribution is 2.51.